The van der Waals surface area contributed by atoms with Crippen LogP contribution in [0.25, 0.3) is 6.08 Å². The summed E-state index contributed by atoms with van der Waals surface area (Å²) in [7, 11) is 0. The maximum Gasteiger partial charge on any atom is 0.272 e. The van der Waals surface area contributed by atoms with E-state index in [1.807, 2.05) is 91.0 Å². The fourth-order valence-corrected chi connectivity index (χ4v) is 5.89. The number of hydrogen-bond acceptors (Lipinski definition) is 6. The molecule has 9 heteroatoms. The van der Waals surface area contributed by atoms with Crippen LogP contribution in [0.4, 0.5) is 11.4 Å². The molecule has 0 radical (unpaired) electrons. The number of amides is 3. The Labute approximate surface area is 294 Å². The van der Waals surface area contributed by atoms with Crippen molar-refractivity contribution in [2.45, 2.75) is 10.1 Å². The zero-order valence-electron chi connectivity index (χ0n) is 26.7. The molecule has 1 unspecified atom stereocenters. The molecule has 6 aromatic rings. The summed E-state index contributed by atoms with van der Waals surface area (Å²) in [6, 6.07) is 45.7. The van der Waals surface area contributed by atoms with Gasteiger partial charge in [0.2, 0.25) is 5.91 Å². The standard InChI is InChI=1S/C41H32N4O4S/c46-39(31-14-6-2-7-15-31)45-37(27-29-11-10-26-42-28-29)40(47)43-33-20-24-36(25-21-33)50-38(30-12-4-1-5-13-30)41(48)44-32-18-22-35(23-19-32)49-34-16-8-3-9-17-34/h1-28,38H,(H,43,47)(H,44,48)(H,45,46)/b37-27-. The van der Waals surface area contributed by atoms with Crippen molar-refractivity contribution in [3.63, 3.8) is 0 Å². The van der Waals surface area contributed by atoms with Crippen LogP contribution >= 0.6 is 11.8 Å². The van der Waals surface area contributed by atoms with Crippen LogP contribution in [-0.4, -0.2) is 22.7 Å². The minimum Gasteiger partial charge on any atom is -0.457 e. The Kier molecular flexibility index (Phi) is 11.1. The van der Waals surface area contributed by atoms with Gasteiger partial charge in [0.05, 0.1) is 0 Å². The van der Waals surface area contributed by atoms with E-state index in [-0.39, 0.29) is 11.6 Å². The van der Waals surface area contributed by atoms with Gasteiger partial charge in [-0.3, -0.25) is 19.4 Å². The van der Waals surface area contributed by atoms with E-state index in [4.69, 9.17) is 4.74 Å². The lowest BCUT2D eigenvalue weighted by Gasteiger charge is -2.18. The van der Waals surface area contributed by atoms with Crippen molar-refractivity contribution in [3.8, 4) is 11.5 Å². The number of para-hydroxylation sites is 1. The average molecular weight is 677 g/mol. The number of thioether (sulfide) groups is 1. The molecule has 1 heterocycles. The lowest BCUT2D eigenvalue weighted by molar-refractivity contribution is -0.116. The highest BCUT2D eigenvalue weighted by Gasteiger charge is 2.23. The predicted molar refractivity (Wildman–Crippen MR) is 198 cm³/mol. The molecule has 0 bridgehead atoms. The number of anilines is 2. The van der Waals surface area contributed by atoms with E-state index < -0.39 is 17.1 Å². The second kappa shape index (κ2) is 16.6. The van der Waals surface area contributed by atoms with Crippen molar-refractivity contribution in [2.24, 2.45) is 0 Å². The summed E-state index contributed by atoms with van der Waals surface area (Å²) in [5.41, 5.74) is 3.14. The van der Waals surface area contributed by atoms with Gasteiger partial charge in [0.15, 0.2) is 0 Å². The first kappa shape index (κ1) is 33.5. The van der Waals surface area contributed by atoms with Crippen molar-refractivity contribution in [3.05, 3.63) is 186 Å². The van der Waals surface area contributed by atoms with Crippen molar-refractivity contribution >= 4 is 46.9 Å². The Morgan fingerprint density at radius 2 is 1.24 bits per heavy atom. The molecule has 0 aliphatic heterocycles. The summed E-state index contributed by atoms with van der Waals surface area (Å²) >= 11 is 1.39. The van der Waals surface area contributed by atoms with Crippen LogP contribution in [0.2, 0.25) is 0 Å². The highest BCUT2D eigenvalue weighted by Crippen LogP contribution is 2.37. The summed E-state index contributed by atoms with van der Waals surface area (Å²) in [4.78, 5) is 44.9. The van der Waals surface area contributed by atoms with Gasteiger partial charge >= 0.3 is 0 Å². The second-order valence-corrected chi connectivity index (χ2v) is 12.2. The molecule has 8 nitrogen and oxygen atoms in total. The number of carbonyl (C=O) groups is 3. The lowest BCUT2D eigenvalue weighted by atomic mass is 10.1. The molecule has 0 aliphatic rings. The van der Waals surface area contributed by atoms with Crippen LogP contribution in [0.15, 0.2) is 175 Å². The van der Waals surface area contributed by atoms with E-state index in [9.17, 15) is 14.4 Å². The fourth-order valence-electron chi connectivity index (χ4n) is 4.86. The summed E-state index contributed by atoms with van der Waals surface area (Å²) in [6.45, 7) is 0. The van der Waals surface area contributed by atoms with Gasteiger partial charge in [0.25, 0.3) is 11.8 Å². The van der Waals surface area contributed by atoms with Crippen molar-refractivity contribution < 1.29 is 19.1 Å². The van der Waals surface area contributed by atoms with Gasteiger partial charge in [-0.15, -0.1) is 11.8 Å². The van der Waals surface area contributed by atoms with E-state index in [2.05, 4.69) is 20.9 Å². The highest BCUT2D eigenvalue weighted by atomic mass is 32.2. The van der Waals surface area contributed by atoms with Crippen LogP contribution in [0.1, 0.15) is 26.7 Å². The number of nitrogens with one attached hydrogen (secondary N) is 3. The topological polar surface area (TPSA) is 109 Å². The van der Waals surface area contributed by atoms with Crippen molar-refractivity contribution in [2.75, 3.05) is 10.6 Å². The Balaban J connectivity index is 1.14. The number of aromatic nitrogens is 1. The first-order valence-electron chi connectivity index (χ1n) is 15.8. The molecule has 5 aromatic carbocycles. The minimum atomic E-state index is -0.556. The van der Waals surface area contributed by atoms with Gasteiger partial charge in [0, 0.05) is 34.2 Å². The third-order valence-corrected chi connectivity index (χ3v) is 8.60. The van der Waals surface area contributed by atoms with E-state index in [1.54, 1.807) is 79.1 Å². The number of benzene rings is 5. The molecule has 3 amide bonds. The molecule has 0 saturated heterocycles. The number of rotatable bonds is 12. The summed E-state index contributed by atoms with van der Waals surface area (Å²) < 4.78 is 5.88. The number of hydrogen-bond donors (Lipinski definition) is 3. The number of nitrogens with zero attached hydrogens (tertiary/aromatic N) is 1. The molecule has 3 N–H and O–H groups in total. The van der Waals surface area contributed by atoms with E-state index in [1.165, 1.54) is 11.8 Å². The maximum absolute atomic E-state index is 13.7. The maximum atomic E-state index is 13.7. The van der Waals surface area contributed by atoms with Gasteiger partial charge in [0.1, 0.15) is 22.4 Å². The normalized spacial score (nSPS) is 11.6. The third-order valence-electron chi connectivity index (χ3n) is 7.33. The van der Waals surface area contributed by atoms with Gasteiger partial charge in [-0.2, -0.15) is 0 Å². The largest absolute Gasteiger partial charge is 0.457 e. The SMILES string of the molecule is O=C(Nc1ccc(SC(C(=O)Nc2ccc(Oc3ccccc3)cc2)c2ccccc2)cc1)/C(=C/c1cccnc1)NC(=O)c1ccccc1. The molecule has 0 fully saturated rings. The Bertz CT molecular complexity index is 2060. The van der Waals surface area contributed by atoms with Crippen LogP contribution in [0.3, 0.4) is 0 Å². The molecule has 50 heavy (non-hydrogen) atoms. The quantitative estimate of drug-likeness (QED) is 0.0884. The Morgan fingerprint density at radius 1 is 0.640 bits per heavy atom. The molecule has 1 atom stereocenters. The lowest BCUT2D eigenvalue weighted by Crippen LogP contribution is -2.30. The van der Waals surface area contributed by atoms with E-state index >= 15 is 0 Å². The monoisotopic (exact) mass is 676 g/mol. The van der Waals surface area contributed by atoms with Gasteiger partial charge in [-0.05, 0) is 96.1 Å². The van der Waals surface area contributed by atoms with Crippen LogP contribution in [0.5, 0.6) is 11.5 Å². The van der Waals surface area contributed by atoms with E-state index in [0.29, 0.717) is 28.3 Å². The van der Waals surface area contributed by atoms with Crippen molar-refractivity contribution in [1.29, 1.82) is 0 Å². The molecule has 1 aromatic heterocycles. The smallest absolute Gasteiger partial charge is 0.272 e. The molecular formula is C41H32N4O4S. The third kappa shape index (κ3) is 9.33. The Morgan fingerprint density at radius 3 is 1.90 bits per heavy atom. The molecule has 0 saturated carbocycles. The minimum absolute atomic E-state index is 0.0609. The van der Waals surface area contributed by atoms with Gasteiger partial charge in [-0.1, -0.05) is 72.8 Å². The fraction of sp³-hybridized carbons (Fsp3) is 0.0244. The van der Waals surface area contributed by atoms with E-state index in [0.717, 1.165) is 16.2 Å². The first-order valence-corrected chi connectivity index (χ1v) is 16.6. The zero-order valence-corrected chi connectivity index (χ0v) is 27.5. The highest BCUT2D eigenvalue weighted by molar-refractivity contribution is 8.00. The zero-order chi connectivity index (χ0) is 34.5. The summed E-state index contributed by atoms with van der Waals surface area (Å²) in [5.74, 6) is 0.291. The molecule has 0 spiro atoms. The predicted octanol–water partition coefficient (Wildman–Crippen LogP) is 8.76. The number of carbonyl (C=O) groups excluding carboxylic acids is 3. The summed E-state index contributed by atoms with van der Waals surface area (Å²) in [6.07, 6.45) is 4.80. The first-order chi connectivity index (χ1) is 24.5. The molecule has 0 aliphatic carbocycles. The van der Waals surface area contributed by atoms with Gasteiger partial charge < -0.3 is 20.7 Å². The van der Waals surface area contributed by atoms with Gasteiger partial charge in [-0.25, -0.2) is 0 Å². The number of ether oxygens (including phenoxy) is 1. The molecule has 6 rings (SSSR count). The molecular weight excluding hydrogens is 645 g/mol. The van der Waals surface area contributed by atoms with Crippen LogP contribution in [-0.2, 0) is 9.59 Å². The van der Waals surface area contributed by atoms with Crippen molar-refractivity contribution in [1.82, 2.24) is 10.3 Å². The van der Waals surface area contributed by atoms with Crippen LogP contribution in [0, 0.1) is 0 Å². The molecule has 246 valence electrons. The Hall–Kier alpha value is -6.45. The van der Waals surface area contributed by atoms with Crippen LogP contribution < -0.4 is 20.7 Å². The number of pyridine rings is 1. The second-order valence-electron chi connectivity index (χ2n) is 11.0. The average Bonchev–Trinajstić information content (AvgIpc) is 3.16. The summed E-state index contributed by atoms with van der Waals surface area (Å²) in [5, 5.41) is 8.07.